The maximum atomic E-state index is 16.0. The summed E-state index contributed by atoms with van der Waals surface area (Å²) in [7, 11) is 0. The first-order valence-corrected chi connectivity index (χ1v) is 15.6. The Morgan fingerprint density at radius 2 is 1.73 bits per heavy atom. The van der Waals surface area contributed by atoms with Crippen molar-refractivity contribution in [1.82, 2.24) is 20.2 Å². The molecule has 3 aromatic rings. The first-order chi connectivity index (χ1) is 19.5. The number of aryl methyl sites for hydroxylation is 1. The molecular weight excluding hydrogens is 525 g/mol. The second-order valence-corrected chi connectivity index (χ2v) is 13.3. The minimum absolute atomic E-state index is 0.0567. The van der Waals surface area contributed by atoms with Crippen molar-refractivity contribution < 1.29 is 9.50 Å². The van der Waals surface area contributed by atoms with Crippen LogP contribution < -0.4 is 10.2 Å². The molecule has 1 saturated carbocycles. The second-order valence-electron chi connectivity index (χ2n) is 12.9. The highest BCUT2D eigenvalue weighted by atomic mass is 35.5. The van der Waals surface area contributed by atoms with Gasteiger partial charge in [-0.1, -0.05) is 11.6 Å². The van der Waals surface area contributed by atoms with Gasteiger partial charge < -0.3 is 15.3 Å². The Balaban J connectivity index is 1.23. The van der Waals surface area contributed by atoms with Gasteiger partial charge in [-0.2, -0.15) is 0 Å². The highest BCUT2D eigenvalue weighted by Gasteiger charge is 2.43. The van der Waals surface area contributed by atoms with E-state index in [1.54, 1.807) is 18.2 Å². The highest BCUT2D eigenvalue weighted by Crippen LogP contribution is 2.50. The smallest absolute Gasteiger partial charge is 0.140 e. The lowest BCUT2D eigenvalue weighted by molar-refractivity contribution is 0.182. The average molecular weight is 562 g/mol. The maximum Gasteiger partial charge on any atom is 0.140 e. The van der Waals surface area contributed by atoms with Crippen LogP contribution in [0.5, 0.6) is 5.75 Å². The van der Waals surface area contributed by atoms with Crippen LogP contribution in [0, 0.1) is 5.82 Å². The van der Waals surface area contributed by atoms with Gasteiger partial charge in [0.2, 0.25) is 0 Å². The van der Waals surface area contributed by atoms with Crippen molar-refractivity contribution in [2.45, 2.75) is 87.7 Å². The van der Waals surface area contributed by atoms with Gasteiger partial charge in [0.25, 0.3) is 0 Å². The summed E-state index contributed by atoms with van der Waals surface area (Å²) in [5.74, 6) is 1.77. The first kappa shape index (κ1) is 25.2. The van der Waals surface area contributed by atoms with E-state index in [1.807, 2.05) is 6.07 Å². The predicted octanol–water partition coefficient (Wildman–Crippen LogP) is 6.17. The molecule has 40 heavy (non-hydrogen) atoms. The third-order valence-electron chi connectivity index (χ3n) is 10.3. The van der Waals surface area contributed by atoms with E-state index in [1.165, 1.54) is 51.6 Å². The molecule has 2 atom stereocenters. The molecule has 5 heterocycles. The Bertz CT molecular complexity index is 1470. The number of hydrogen-bond donors (Lipinski definition) is 2. The van der Waals surface area contributed by atoms with E-state index >= 15 is 4.39 Å². The fourth-order valence-electron chi connectivity index (χ4n) is 8.30. The fourth-order valence-corrected chi connectivity index (χ4v) is 8.67. The van der Waals surface area contributed by atoms with Gasteiger partial charge in [-0.15, -0.1) is 0 Å². The Morgan fingerprint density at radius 3 is 2.45 bits per heavy atom. The molecule has 2 bridgehead atoms. The molecule has 0 spiro atoms. The number of phenolic OH excluding ortho intramolecular Hbond substituents is 1. The van der Waals surface area contributed by atoms with Crippen LogP contribution in [0.4, 0.5) is 10.2 Å². The van der Waals surface area contributed by atoms with Crippen LogP contribution in [0.1, 0.15) is 75.1 Å². The third-order valence-corrected chi connectivity index (χ3v) is 10.7. The van der Waals surface area contributed by atoms with Crippen molar-refractivity contribution in [3.63, 3.8) is 0 Å². The molecule has 5 aliphatic rings. The summed E-state index contributed by atoms with van der Waals surface area (Å²) in [6.45, 7) is 4.20. The van der Waals surface area contributed by atoms with Crippen LogP contribution in [0.15, 0.2) is 24.3 Å². The summed E-state index contributed by atoms with van der Waals surface area (Å²) in [5, 5.41) is 15.4. The lowest BCUT2D eigenvalue weighted by Crippen LogP contribution is -2.51. The largest absolute Gasteiger partial charge is 0.508 e. The Labute approximate surface area is 239 Å². The third kappa shape index (κ3) is 4.27. The lowest BCUT2D eigenvalue weighted by atomic mass is 9.88. The summed E-state index contributed by atoms with van der Waals surface area (Å²) in [4.78, 5) is 15.3. The summed E-state index contributed by atoms with van der Waals surface area (Å²) < 4.78 is 16.0. The monoisotopic (exact) mass is 561 g/mol. The minimum atomic E-state index is -0.321. The number of benzene rings is 2. The summed E-state index contributed by atoms with van der Waals surface area (Å²) in [5.41, 5.74) is 3.15. The standard InChI is InChI=1S/C32H37ClFN5O/c33-26-14-22(40)13-24(30(26)19-3-4-19)23-16-28-25(15-27(23)34)31(38-17-20-5-6-21(18-38)35-20)37-29(36-28)7-10-32-8-1-11-39(32)12-2-9-32/h13-16,19-21,35,40H,1-12,17-18H2. The Hall–Kier alpha value is -2.48. The number of hydrogen-bond acceptors (Lipinski definition) is 6. The quantitative estimate of drug-likeness (QED) is 0.375. The topological polar surface area (TPSA) is 64.5 Å². The van der Waals surface area contributed by atoms with Crippen molar-refractivity contribution in [2.75, 3.05) is 31.1 Å². The number of halogens is 2. The molecule has 8 heteroatoms. The van der Waals surface area contributed by atoms with Crippen LogP contribution >= 0.6 is 11.6 Å². The average Bonchev–Trinajstić information content (AvgIpc) is 3.42. The molecule has 0 radical (unpaired) electrons. The van der Waals surface area contributed by atoms with E-state index < -0.39 is 0 Å². The van der Waals surface area contributed by atoms with Crippen molar-refractivity contribution in [3.05, 3.63) is 46.5 Å². The summed E-state index contributed by atoms with van der Waals surface area (Å²) in [6.07, 6.45) is 11.4. The zero-order valence-electron chi connectivity index (χ0n) is 22.9. The van der Waals surface area contributed by atoms with E-state index in [0.717, 1.165) is 66.9 Å². The molecule has 6 nitrogen and oxygen atoms in total. The lowest BCUT2D eigenvalue weighted by Gasteiger charge is -2.35. The van der Waals surface area contributed by atoms with Crippen LogP contribution in [-0.2, 0) is 6.42 Å². The molecule has 2 N–H and O–H groups in total. The van der Waals surface area contributed by atoms with Crippen molar-refractivity contribution in [1.29, 1.82) is 0 Å². The normalized spacial score (nSPS) is 25.7. The highest BCUT2D eigenvalue weighted by molar-refractivity contribution is 6.32. The minimum Gasteiger partial charge on any atom is -0.508 e. The molecule has 8 rings (SSSR count). The number of nitrogens with zero attached hydrogens (tertiary/aromatic N) is 4. The van der Waals surface area contributed by atoms with Gasteiger partial charge >= 0.3 is 0 Å². The van der Waals surface area contributed by atoms with E-state index in [-0.39, 0.29) is 11.6 Å². The molecule has 1 aromatic heterocycles. The van der Waals surface area contributed by atoms with Gasteiger partial charge in [-0.05, 0) is 112 Å². The zero-order chi connectivity index (χ0) is 27.0. The van der Waals surface area contributed by atoms with E-state index in [2.05, 4.69) is 15.1 Å². The number of anilines is 1. The van der Waals surface area contributed by atoms with Crippen LogP contribution in [0.25, 0.3) is 22.0 Å². The molecule has 0 amide bonds. The van der Waals surface area contributed by atoms with Crippen LogP contribution in [0.3, 0.4) is 0 Å². The van der Waals surface area contributed by atoms with Gasteiger partial charge in [-0.3, -0.25) is 4.90 Å². The van der Waals surface area contributed by atoms with Gasteiger partial charge in [-0.25, -0.2) is 14.4 Å². The molecule has 1 aliphatic carbocycles. The fraction of sp³-hybridized carbons (Fsp3) is 0.562. The Kier molecular flexibility index (Phi) is 6.02. The number of aromatic hydroxyl groups is 1. The van der Waals surface area contributed by atoms with E-state index in [0.29, 0.717) is 39.7 Å². The number of piperazine rings is 1. The predicted molar refractivity (Wildman–Crippen MR) is 157 cm³/mol. The van der Waals surface area contributed by atoms with Crippen molar-refractivity contribution in [2.24, 2.45) is 0 Å². The molecule has 4 saturated heterocycles. The van der Waals surface area contributed by atoms with Gasteiger partial charge in [0.05, 0.1) is 5.52 Å². The summed E-state index contributed by atoms with van der Waals surface area (Å²) >= 11 is 6.60. The second kappa shape index (κ2) is 9.53. The molecule has 210 valence electrons. The summed E-state index contributed by atoms with van der Waals surface area (Å²) in [6, 6.07) is 7.64. The Morgan fingerprint density at radius 1 is 0.975 bits per heavy atom. The van der Waals surface area contributed by atoms with Crippen LogP contribution in [0.2, 0.25) is 5.02 Å². The van der Waals surface area contributed by atoms with Gasteiger partial charge in [0.15, 0.2) is 0 Å². The number of nitrogens with one attached hydrogen (secondary N) is 1. The molecule has 2 aromatic carbocycles. The van der Waals surface area contributed by atoms with E-state index in [9.17, 15) is 5.11 Å². The van der Waals surface area contributed by atoms with Crippen LogP contribution in [-0.4, -0.2) is 63.8 Å². The van der Waals surface area contributed by atoms with Crippen molar-refractivity contribution in [3.8, 4) is 16.9 Å². The van der Waals surface area contributed by atoms with Crippen molar-refractivity contribution >= 4 is 28.3 Å². The molecule has 5 fully saturated rings. The maximum absolute atomic E-state index is 16.0. The van der Waals surface area contributed by atoms with Gasteiger partial charge in [0, 0.05) is 53.1 Å². The molecule has 2 unspecified atom stereocenters. The number of aromatic nitrogens is 2. The SMILES string of the molecule is Oc1cc(Cl)c(C2CC2)c(-c2cc3nc(CCC45CCCN4CCC5)nc(N4CC5CCC(C4)N5)c3cc2F)c1. The number of rotatable bonds is 6. The van der Waals surface area contributed by atoms with E-state index in [4.69, 9.17) is 21.6 Å². The zero-order valence-corrected chi connectivity index (χ0v) is 23.7. The van der Waals surface area contributed by atoms with Gasteiger partial charge in [0.1, 0.15) is 23.2 Å². The molecular formula is C32H37ClFN5O. The number of phenols is 1. The molecule has 4 aliphatic heterocycles. The first-order valence-electron chi connectivity index (χ1n) is 15.2. The number of fused-ring (bicyclic) bond motifs is 4.